The molecule has 0 atom stereocenters. The van der Waals surface area contributed by atoms with E-state index in [-0.39, 0.29) is 0 Å². The highest BCUT2D eigenvalue weighted by Crippen LogP contribution is 2.24. The molecule has 5 heteroatoms. The van der Waals surface area contributed by atoms with E-state index in [0.717, 1.165) is 4.47 Å². The van der Waals surface area contributed by atoms with E-state index < -0.39 is 0 Å². The summed E-state index contributed by atoms with van der Waals surface area (Å²) in [6.07, 6.45) is 4.08. The van der Waals surface area contributed by atoms with Crippen LogP contribution in [0.4, 0.5) is 11.8 Å². The number of nitrogens with two attached hydrogens (primary N) is 1. The molecule has 1 aliphatic rings. The van der Waals surface area contributed by atoms with Gasteiger partial charge < -0.3 is 11.1 Å². The zero-order valence-electron chi connectivity index (χ0n) is 6.42. The zero-order chi connectivity index (χ0) is 8.55. The Bertz CT molecular complexity index is 297. The third-order valence-electron chi connectivity index (χ3n) is 1.68. The minimum absolute atomic E-state index is 0.480. The Balaban J connectivity index is 2.15. The van der Waals surface area contributed by atoms with Crippen LogP contribution in [0.3, 0.4) is 0 Å². The third kappa shape index (κ3) is 1.66. The van der Waals surface area contributed by atoms with Crippen molar-refractivity contribution in [1.82, 2.24) is 9.97 Å². The maximum atomic E-state index is 5.58. The lowest BCUT2D eigenvalue weighted by Crippen LogP contribution is -2.06. The van der Waals surface area contributed by atoms with Crippen LogP contribution in [0.15, 0.2) is 10.7 Å². The van der Waals surface area contributed by atoms with E-state index in [1.165, 1.54) is 12.8 Å². The second-order valence-electron chi connectivity index (χ2n) is 2.85. The average Bonchev–Trinajstić information content (AvgIpc) is 2.81. The van der Waals surface area contributed by atoms with E-state index in [1.54, 1.807) is 6.20 Å². The van der Waals surface area contributed by atoms with Gasteiger partial charge in [-0.1, -0.05) is 0 Å². The summed E-state index contributed by atoms with van der Waals surface area (Å²) in [6, 6.07) is 0.561. The molecule has 1 aromatic rings. The Hall–Kier alpha value is -0.840. The quantitative estimate of drug-likeness (QED) is 0.804. The number of aromatic nitrogens is 2. The van der Waals surface area contributed by atoms with Gasteiger partial charge in [0.1, 0.15) is 5.82 Å². The summed E-state index contributed by atoms with van der Waals surface area (Å²) < 4.78 is 0.740. The molecule has 1 aliphatic carbocycles. The molecule has 1 fully saturated rings. The van der Waals surface area contributed by atoms with Gasteiger partial charge in [-0.25, -0.2) is 4.98 Å². The summed E-state index contributed by atoms with van der Waals surface area (Å²) in [7, 11) is 0. The topological polar surface area (TPSA) is 63.8 Å². The minimum atomic E-state index is 0.480. The van der Waals surface area contributed by atoms with Crippen LogP contribution in [0.5, 0.6) is 0 Å². The molecular formula is C7H9BrN4. The predicted octanol–water partition coefficient (Wildman–Crippen LogP) is 1.40. The van der Waals surface area contributed by atoms with Crippen molar-refractivity contribution in [2.45, 2.75) is 18.9 Å². The van der Waals surface area contributed by atoms with Crippen molar-refractivity contribution in [3.63, 3.8) is 0 Å². The molecular weight excluding hydrogens is 220 g/mol. The zero-order valence-corrected chi connectivity index (χ0v) is 8.00. The van der Waals surface area contributed by atoms with Crippen molar-refractivity contribution >= 4 is 27.7 Å². The normalized spacial score (nSPS) is 16.1. The number of nitrogens with one attached hydrogen (secondary N) is 1. The number of nitrogen functional groups attached to an aromatic ring is 1. The standard InChI is InChI=1S/C7H9BrN4/c8-5-3-10-7(12-6(5)9)11-4-1-2-4/h3-4H,1-2H2,(H3,9,10,11,12). The van der Waals surface area contributed by atoms with Crippen molar-refractivity contribution in [2.24, 2.45) is 0 Å². The van der Waals surface area contributed by atoms with Gasteiger partial charge in [-0.05, 0) is 28.8 Å². The lowest BCUT2D eigenvalue weighted by molar-refractivity contribution is 1.05. The Morgan fingerprint density at radius 3 is 2.92 bits per heavy atom. The molecule has 3 N–H and O–H groups in total. The summed E-state index contributed by atoms with van der Waals surface area (Å²) in [5, 5.41) is 3.16. The molecule has 0 unspecified atom stereocenters. The fraction of sp³-hybridized carbons (Fsp3) is 0.429. The van der Waals surface area contributed by atoms with Gasteiger partial charge in [0.05, 0.1) is 4.47 Å². The Kier molecular flexibility index (Phi) is 1.88. The lowest BCUT2D eigenvalue weighted by atomic mass is 10.6. The second-order valence-corrected chi connectivity index (χ2v) is 3.70. The van der Waals surface area contributed by atoms with Crippen molar-refractivity contribution < 1.29 is 0 Å². The molecule has 1 aromatic heterocycles. The van der Waals surface area contributed by atoms with Crippen LogP contribution in [0.25, 0.3) is 0 Å². The second kappa shape index (κ2) is 2.90. The van der Waals surface area contributed by atoms with E-state index >= 15 is 0 Å². The number of nitrogens with zero attached hydrogens (tertiary/aromatic N) is 2. The van der Waals surface area contributed by atoms with Gasteiger partial charge in [0, 0.05) is 12.2 Å². The van der Waals surface area contributed by atoms with Crippen molar-refractivity contribution in [3.8, 4) is 0 Å². The molecule has 0 aromatic carbocycles. The average molecular weight is 229 g/mol. The van der Waals surface area contributed by atoms with E-state index in [9.17, 15) is 0 Å². The van der Waals surface area contributed by atoms with Gasteiger partial charge in [0.25, 0.3) is 0 Å². The van der Waals surface area contributed by atoms with Crippen molar-refractivity contribution in [3.05, 3.63) is 10.7 Å². The molecule has 2 rings (SSSR count). The van der Waals surface area contributed by atoms with Gasteiger partial charge >= 0.3 is 0 Å². The number of anilines is 2. The van der Waals surface area contributed by atoms with E-state index in [1.807, 2.05) is 0 Å². The SMILES string of the molecule is Nc1nc(NC2CC2)ncc1Br. The van der Waals surface area contributed by atoms with E-state index in [0.29, 0.717) is 17.8 Å². The maximum absolute atomic E-state index is 5.58. The van der Waals surface area contributed by atoms with Crippen LogP contribution in [-0.4, -0.2) is 16.0 Å². The number of halogens is 1. The smallest absolute Gasteiger partial charge is 0.224 e. The molecule has 0 aliphatic heterocycles. The van der Waals surface area contributed by atoms with Crippen molar-refractivity contribution in [2.75, 3.05) is 11.1 Å². The van der Waals surface area contributed by atoms with Crippen LogP contribution in [0, 0.1) is 0 Å². The molecule has 0 amide bonds. The highest BCUT2D eigenvalue weighted by molar-refractivity contribution is 9.10. The summed E-state index contributed by atoms with van der Waals surface area (Å²) in [5.74, 6) is 1.10. The molecule has 0 bridgehead atoms. The number of hydrogen-bond donors (Lipinski definition) is 2. The molecule has 12 heavy (non-hydrogen) atoms. The summed E-state index contributed by atoms with van der Waals surface area (Å²) in [4.78, 5) is 8.13. The van der Waals surface area contributed by atoms with E-state index in [2.05, 4.69) is 31.2 Å². The summed E-state index contributed by atoms with van der Waals surface area (Å²) in [6.45, 7) is 0. The van der Waals surface area contributed by atoms with Crippen LogP contribution in [-0.2, 0) is 0 Å². The van der Waals surface area contributed by atoms with Gasteiger partial charge in [0.2, 0.25) is 5.95 Å². The Labute approximate surface area is 78.7 Å². The largest absolute Gasteiger partial charge is 0.383 e. The Morgan fingerprint density at radius 2 is 2.33 bits per heavy atom. The first kappa shape index (κ1) is 7.79. The predicted molar refractivity (Wildman–Crippen MR) is 50.8 cm³/mol. The molecule has 1 saturated carbocycles. The fourth-order valence-corrected chi connectivity index (χ4v) is 1.05. The Morgan fingerprint density at radius 1 is 1.58 bits per heavy atom. The summed E-state index contributed by atoms with van der Waals surface area (Å²) in [5.41, 5.74) is 5.58. The van der Waals surface area contributed by atoms with Crippen LogP contribution in [0.2, 0.25) is 0 Å². The van der Waals surface area contributed by atoms with Gasteiger partial charge in [-0.2, -0.15) is 4.98 Å². The van der Waals surface area contributed by atoms with E-state index in [4.69, 9.17) is 5.73 Å². The van der Waals surface area contributed by atoms with Crippen LogP contribution in [0.1, 0.15) is 12.8 Å². The first-order chi connectivity index (χ1) is 5.75. The fourth-order valence-electron chi connectivity index (χ4n) is 0.860. The highest BCUT2D eigenvalue weighted by atomic mass is 79.9. The summed E-state index contributed by atoms with van der Waals surface area (Å²) >= 11 is 3.23. The monoisotopic (exact) mass is 228 g/mol. The molecule has 1 heterocycles. The molecule has 0 spiro atoms. The number of rotatable bonds is 2. The molecule has 0 radical (unpaired) electrons. The third-order valence-corrected chi connectivity index (χ3v) is 2.29. The van der Waals surface area contributed by atoms with Crippen LogP contribution >= 0.6 is 15.9 Å². The van der Waals surface area contributed by atoms with Crippen molar-refractivity contribution in [1.29, 1.82) is 0 Å². The van der Waals surface area contributed by atoms with Gasteiger partial charge in [0.15, 0.2) is 0 Å². The molecule has 64 valence electrons. The maximum Gasteiger partial charge on any atom is 0.224 e. The lowest BCUT2D eigenvalue weighted by Gasteiger charge is -2.02. The number of hydrogen-bond acceptors (Lipinski definition) is 4. The first-order valence-corrected chi connectivity index (χ1v) is 4.59. The molecule has 4 nitrogen and oxygen atoms in total. The first-order valence-electron chi connectivity index (χ1n) is 3.80. The highest BCUT2D eigenvalue weighted by Gasteiger charge is 2.21. The van der Waals surface area contributed by atoms with Gasteiger partial charge in [-0.15, -0.1) is 0 Å². The minimum Gasteiger partial charge on any atom is -0.383 e. The van der Waals surface area contributed by atoms with Crippen LogP contribution < -0.4 is 11.1 Å². The van der Waals surface area contributed by atoms with Gasteiger partial charge in [-0.3, -0.25) is 0 Å². The molecule has 0 saturated heterocycles.